The van der Waals surface area contributed by atoms with Crippen molar-refractivity contribution in [2.24, 2.45) is 11.8 Å². The Hall–Kier alpha value is -2.40. The van der Waals surface area contributed by atoms with Crippen LogP contribution in [0.3, 0.4) is 0 Å². The van der Waals surface area contributed by atoms with Crippen molar-refractivity contribution >= 4 is 34.4 Å². The number of nitrogens with zero attached hydrogens (tertiary/aromatic N) is 2. The van der Waals surface area contributed by atoms with E-state index in [0.29, 0.717) is 28.8 Å². The number of imide groups is 1. The Kier molecular flexibility index (Phi) is 4.88. The number of benzene rings is 1. The summed E-state index contributed by atoms with van der Waals surface area (Å²) in [6.07, 6.45) is 1.15. The first-order valence-electron chi connectivity index (χ1n) is 9.86. The molecule has 0 radical (unpaired) electrons. The van der Waals surface area contributed by atoms with Crippen molar-refractivity contribution in [2.75, 3.05) is 18.0 Å². The zero-order chi connectivity index (χ0) is 20.0. The van der Waals surface area contributed by atoms with Gasteiger partial charge in [-0.15, -0.1) is 11.3 Å². The van der Waals surface area contributed by atoms with E-state index in [0.717, 1.165) is 35.5 Å². The molecule has 2 aliphatic heterocycles. The minimum absolute atomic E-state index is 0.196. The molecule has 2 atom stereocenters. The van der Waals surface area contributed by atoms with E-state index in [4.69, 9.17) is 0 Å². The molecule has 1 aromatic carbocycles. The molecule has 146 valence electrons. The second-order valence-corrected chi connectivity index (χ2v) is 9.21. The van der Waals surface area contributed by atoms with Gasteiger partial charge in [0.25, 0.3) is 11.8 Å². The van der Waals surface area contributed by atoms with Crippen LogP contribution in [-0.4, -0.2) is 29.8 Å². The molecule has 2 amide bonds. The Labute approximate surface area is 170 Å². The van der Waals surface area contributed by atoms with Crippen molar-refractivity contribution in [1.82, 2.24) is 4.90 Å². The fraction of sp³-hybridized carbons (Fsp3) is 0.391. The number of likely N-dealkylation sites (tertiary alicyclic amines) is 1. The Bertz CT molecular complexity index is 951. The predicted molar refractivity (Wildman–Crippen MR) is 114 cm³/mol. The third-order valence-corrected chi connectivity index (χ3v) is 6.65. The summed E-state index contributed by atoms with van der Waals surface area (Å²) in [5.74, 6) is 0.591. The first-order chi connectivity index (χ1) is 13.4. The molecule has 0 aliphatic carbocycles. The minimum Gasteiger partial charge on any atom is -0.366 e. The van der Waals surface area contributed by atoms with E-state index in [1.807, 2.05) is 49.6 Å². The lowest BCUT2D eigenvalue weighted by molar-refractivity contribution is -0.120. The number of hydrogen-bond acceptors (Lipinski definition) is 4. The van der Waals surface area contributed by atoms with Crippen LogP contribution in [-0.2, 0) is 9.59 Å². The minimum atomic E-state index is -0.211. The average molecular weight is 395 g/mol. The van der Waals surface area contributed by atoms with Crippen LogP contribution in [0.1, 0.15) is 36.3 Å². The molecular weight excluding hydrogens is 368 g/mol. The Morgan fingerprint density at radius 3 is 2.29 bits per heavy atom. The normalized spacial score (nSPS) is 23.1. The second kappa shape index (κ2) is 7.21. The summed E-state index contributed by atoms with van der Waals surface area (Å²) in [6.45, 7) is 10.1. The highest BCUT2D eigenvalue weighted by Gasteiger charge is 2.44. The lowest BCUT2D eigenvalue weighted by Crippen LogP contribution is -2.42. The van der Waals surface area contributed by atoms with Gasteiger partial charge in [0.1, 0.15) is 5.70 Å². The van der Waals surface area contributed by atoms with Crippen LogP contribution in [0.15, 0.2) is 41.4 Å². The fourth-order valence-corrected chi connectivity index (χ4v) is 5.16. The van der Waals surface area contributed by atoms with Crippen LogP contribution in [0, 0.1) is 25.7 Å². The van der Waals surface area contributed by atoms with Crippen LogP contribution in [0.4, 0.5) is 5.69 Å². The summed E-state index contributed by atoms with van der Waals surface area (Å²) in [6, 6.07) is 9.64. The summed E-state index contributed by atoms with van der Waals surface area (Å²) in [5, 5.41) is 1.96. The van der Waals surface area contributed by atoms with Gasteiger partial charge in [0.15, 0.2) is 0 Å². The molecule has 4 rings (SSSR count). The van der Waals surface area contributed by atoms with Crippen LogP contribution in [0.5, 0.6) is 0 Å². The van der Waals surface area contributed by atoms with E-state index in [2.05, 4.69) is 18.7 Å². The van der Waals surface area contributed by atoms with E-state index in [1.165, 1.54) is 16.2 Å². The van der Waals surface area contributed by atoms with E-state index < -0.39 is 0 Å². The summed E-state index contributed by atoms with van der Waals surface area (Å²) < 4.78 is 0. The molecule has 5 heteroatoms. The fourth-order valence-electron chi connectivity index (χ4n) is 4.40. The van der Waals surface area contributed by atoms with Crippen LogP contribution < -0.4 is 4.90 Å². The zero-order valence-corrected chi connectivity index (χ0v) is 17.7. The van der Waals surface area contributed by atoms with Gasteiger partial charge in [0, 0.05) is 18.0 Å². The third kappa shape index (κ3) is 3.18. The highest BCUT2D eigenvalue weighted by atomic mass is 32.1. The number of carbonyl (C=O) groups excluding carboxylic acids is 2. The van der Waals surface area contributed by atoms with E-state index in [-0.39, 0.29) is 11.8 Å². The van der Waals surface area contributed by atoms with Gasteiger partial charge in [-0.1, -0.05) is 26.0 Å². The number of piperidine rings is 1. The van der Waals surface area contributed by atoms with E-state index in [9.17, 15) is 9.59 Å². The van der Waals surface area contributed by atoms with Gasteiger partial charge < -0.3 is 4.90 Å². The smallest absolute Gasteiger partial charge is 0.282 e. The molecule has 28 heavy (non-hydrogen) atoms. The Balaban J connectivity index is 1.81. The number of amides is 2. The van der Waals surface area contributed by atoms with Gasteiger partial charge in [-0.2, -0.15) is 0 Å². The highest BCUT2D eigenvalue weighted by Crippen LogP contribution is 2.38. The standard InChI is InChI=1S/C23H26N2O2S/c1-14-10-15(2)13-24(12-14)21-20(19-6-5-9-28-19)22(26)25(23(21)27)18-8-7-16(3)17(4)11-18/h5-9,11,14-15H,10,12-13H2,1-4H3. The molecule has 2 aromatic rings. The molecule has 4 nitrogen and oxygen atoms in total. The monoisotopic (exact) mass is 394 g/mol. The lowest BCUT2D eigenvalue weighted by Gasteiger charge is -2.37. The SMILES string of the molecule is Cc1ccc(N2C(=O)C(c3cccs3)=C(N3CC(C)CC(C)C3)C2=O)cc1C. The Morgan fingerprint density at radius 2 is 1.68 bits per heavy atom. The molecule has 0 saturated carbocycles. The molecule has 3 heterocycles. The van der Waals surface area contributed by atoms with Crippen molar-refractivity contribution in [2.45, 2.75) is 34.1 Å². The maximum atomic E-state index is 13.5. The lowest BCUT2D eigenvalue weighted by atomic mass is 9.91. The number of anilines is 1. The molecule has 0 bridgehead atoms. The van der Waals surface area contributed by atoms with Crippen molar-refractivity contribution in [3.05, 3.63) is 57.4 Å². The number of rotatable bonds is 3. The third-order valence-electron chi connectivity index (χ3n) is 5.76. The van der Waals surface area contributed by atoms with Gasteiger partial charge in [-0.25, -0.2) is 4.90 Å². The van der Waals surface area contributed by atoms with E-state index >= 15 is 0 Å². The molecule has 1 saturated heterocycles. The second-order valence-electron chi connectivity index (χ2n) is 8.27. The summed E-state index contributed by atoms with van der Waals surface area (Å²) >= 11 is 1.51. The number of hydrogen-bond donors (Lipinski definition) is 0. The summed E-state index contributed by atoms with van der Waals surface area (Å²) in [5.41, 5.74) is 4.00. The molecule has 0 spiro atoms. The van der Waals surface area contributed by atoms with Crippen molar-refractivity contribution in [3.63, 3.8) is 0 Å². The Morgan fingerprint density at radius 1 is 0.964 bits per heavy atom. The molecule has 2 aliphatic rings. The van der Waals surface area contributed by atoms with Gasteiger partial charge in [-0.3, -0.25) is 9.59 Å². The topological polar surface area (TPSA) is 40.6 Å². The van der Waals surface area contributed by atoms with Crippen molar-refractivity contribution in [3.8, 4) is 0 Å². The maximum Gasteiger partial charge on any atom is 0.282 e. The first-order valence-corrected chi connectivity index (χ1v) is 10.7. The predicted octanol–water partition coefficient (Wildman–Crippen LogP) is 4.63. The summed E-state index contributed by atoms with van der Waals surface area (Å²) in [7, 11) is 0. The number of aryl methyl sites for hydroxylation is 2. The first kappa shape index (κ1) is 18.9. The van der Waals surface area contributed by atoms with Gasteiger partial charge in [-0.05, 0) is 66.8 Å². The zero-order valence-electron chi connectivity index (χ0n) is 16.9. The molecule has 1 aromatic heterocycles. The number of thiophene rings is 1. The molecule has 0 N–H and O–H groups in total. The van der Waals surface area contributed by atoms with Gasteiger partial charge >= 0.3 is 0 Å². The highest BCUT2D eigenvalue weighted by molar-refractivity contribution is 7.11. The van der Waals surface area contributed by atoms with Crippen LogP contribution in [0.25, 0.3) is 5.57 Å². The van der Waals surface area contributed by atoms with Gasteiger partial charge in [0.05, 0.1) is 11.3 Å². The molecule has 2 unspecified atom stereocenters. The van der Waals surface area contributed by atoms with Crippen molar-refractivity contribution < 1.29 is 9.59 Å². The van der Waals surface area contributed by atoms with Gasteiger partial charge in [0.2, 0.25) is 0 Å². The molecular formula is C23H26N2O2S. The van der Waals surface area contributed by atoms with Crippen LogP contribution >= 0.6 is 11.3 Å². The maximum absolute atomic E-state index is 13.5. The largest absolute Gasteiger partial charge is 0.366 e. The summed E-state index contributed by atoms with van der Waals surface area (Å²) in [4.78, 5) is 31.4. The number of carbonyl (C=O) groups is 2. The van der Waals surface area contributed by atoms with Crippen molar-refractivity contribution in [1.29, 1.82) is 0 Å². The molecule has 1 fully saturated rings. The van der Waals surface area contributed by atoms with E-state index in [1.54, 1.807) is 0 Å². The van der Waals surface area contributed by atoms with Crippen LogP contribution in [0.2, 0.25) is 0 Å². The average Bonchev–Trinajstić information content (AvgIpc) is 3.23. The quantitative estimate of drug-likeness (QED) is 0.713.